The van der Waals surface area contributed by atoms with Crippen LogP contribution in [0.5, 0.6) is 0 Å². The minimum absolute atomic E-state index is 0.0634. The molecule has 0 amide bonds. The molecule has 0 saturated carbocycles. The summed E-state index contributed by atoms with van der Waals surface area (Å²) in [4.78, 5) is 50.3. The summed E-state index contributed by atoms with van der Waals surface area (Å²) in [6, 6.07) is 7.37. The number of hydrogen-bond donors (Lipinski definition) is 0. The second-order valence-corrected chi connectivity index (χ2v) is 9.12. The Kier molecular flexibility index (Phi) is 7.87. The summed E-state index contributed by atoms with van der Waals surface area (Å²) in [7, 11) is 2.60. The molecule has 0 saturated heterocycles. The molecule has 0 bridgehead atoms. The first-order chi connectivity index (χ1) is 13.7. The second kappa shape index (κ2) is 9.93. The maximum absolute atomic E-state index is 12.3. The molecule has 0 spiro atoms. The third-order valence-electron chi connectivity index (χ3n) is 4.56. The highest BCUT2D eigenvalue weighted by Crippen LogP contribution is 2.39. The van der Waals surface area contributed by atoms with Crippen LogP contribution in [0.25, 0.3) is 0 Å². The van der Waals surface area contributed by atoms with E-state index >= 15 is 0 Å². The number of esters is 2. The van der Waals surface area contributed by atoms with Crippen molar-refractivity contribution in [1.29, 1.82) is 0 Å². The Morgan fingerprint density at radius 3 is 1.45 bits per heavy atom. The lowest BCUT2D eigenvalue weighted by Gasteiger charge is -2.21. The number of ether oxygens (including phenoxy) is 2. The van der Waals surface area contributed by atoms with Crippen LogP contribution in [0.1, 0.15) is 68.6 Å². The van der Waals surface area contributed by atoms with E-state index in [1.807, 2.05) is 26.0 Å². The molecule has 0 aliphatic rings. The standard InChI is InChI=1S/C21H24O6S2/c1-21(2,17-9-7-15(28-17)13(22)5-11-19(24)26-3)18-10-8-16(29-18)14(23)6-12-20(25)27-4/h7-10H,5-6,11-12H2,1-4H3. The number of carbonyl (C=O) groups is 4. The summed E-state index contributed by atoms with van der Waals surface area (Å²) in [5, 5.41) is 0. The molecule has 2 heterocycles. The topological polar surface area (TPSA) is 86.7 Å². The molecule has 0 aromatic carbocycles. The Morgan fingerprint density at radius 2 is 1.10 bits per heavy atom. The number of thiophene rings is 2. The summed E-state index contributed by atoms with van der Waals surface area (Å²) >= 11 is 2.79. The summed E-state index contributed by atoms with van der Waals surface area (Å²) in [5.74, 6) is -0.989. The molecule has 8 heteroatoms. The van der Waals surface area contributed by atoms with Gasteiger partial charge in [0.2, 0.25) is 0 Å². The van der Waals surface area contributed by atoms with Crippen LogP contribution in [0.3, 0.4) is 0 Å². The van der Waals surface area contributed by atoms with Gasteiger partial charge in [-0.05, 0) is 24.3 Å². The van der Waals surface area contributed by atoms with Crippen molar-refractivity contribution in [2.75, 3.05) is 14.2 Å². The zero-order valence-corrected chi connectivity index (χ0v) is 18.5. The van der Waals surface area contributed by atoms with E-state index in [9.17, 15) is 19.2 Å². The molecular formula is C21H24O6S2. The van der Waals surface area contributed by atoms with Crippen LogP contribution < -0.4 is 0 Å². The minimum Gasteiger partial charge on any atom is -0.469 e. The Morgan fingerprint density at radius 1 is 0.724 bits per heavy atom. The molecule has 2 rings (SSSR count). The highest BCUT2D eigenvalue weighted by molar-refractivity contribution is 7.15. The van der Waals surface area contributed by atoms with Crippen molar-refractivity contribution in [2.45, 2.75) is 44.9 Å². The Hall–Kier alpha value is -2.32. The van der Waals surface area contributed by atoms with Crippen LogP contribution >= 0.6 is 22.7 Å². The number of hydrogen-bond acceptors (Lipinski definition) is 8. The zero-order valence-electron chi connectivity index (χ0n) is 16.9. The first kappa shape index (κ1) is 23.0. The molecule has 0 atom stereocenters. The summed E-state index contributed by atoms with van der Waals surface area (Å²) in [5.41, 5.74) is -0.378. The highest BCUT2D eigenvalue weighted by atomic mass is 32.1. The third-order valence-corrected chi connectivity index (χ3v) is 7.46. The van der Waals surface area contributed by atoms with E-state index in [2.05, 4.69) is 9.47 Å². The fourth-order valence-electron chi connectivity index (χ4n) is 2.65. The zero-order chi connectivity index (χ0) is 21.6. The molecule has 29 heavy (non-hydrogen) atoms. The molecule has 0 aliphatic carbocycles. The number of methoxy groups -OCH3 is 2. The number of ketones is 2. The fraction of sp³-hybridized carbons (Fsp3) is 0.429. The van der Waals surface area contributed by atoms with Crippen molar-refractivity contribution in [3.05, 3.63) is 43.8 Å². The molecular weight excluding hydrogens is 412 g/mol. The number of Topliss-reactive ketones (excluding diaryl/α,β-unsaturated/α-hetero) is 2. The SMILES string of the molecule is COC(=O)CCC(=O)c1ccc(C(C)(C)c2ccc(C(=O)CCC(=O)OC)s2)s1. The van der Waals surface area contributed by atoms with Gasteiger partial charge in [0.05, 0.1) is 36.8 Å². The van der Waals surface area contributed by atoms with E-state index in [1.165, 1.54) is 36.9 Å². The van der Waals surface area contributed by atoms with E-state index in [1.54, 1.807) is 12.1 Å². The van der Waals surface area contributed by atoms with Gasteiger partial charge < -0.3 is 9.47 Å². The minimum atomic E-state index is -0.404. The van der Waals surface area contributed by atoms with E-state index in [0.29, 0.717) is 9.75 Å². The smallest absolute Gasteiger partial charge is 0.305 e. The van der Waals surface area contributed by atoms with Crippen LogP contribution in [0, 0.1) is 0 Å². The van der Waals surface area contributed by atoms with Crippen LogP contribution in [0.2, 0.25) is 0 Å². The highest BCUT2D eigenvalue weighted by Gasteiger charge is 2.28. The van der Waals surface area contributed by atoms with Gasteiger partial charge in [0.25, 0.3) is 0 Å². The fourth-order valence-corrected chi connectivity index (χ4v) is 4.90. The molecule has 156 valence electrons. The van der Waals surface area contributed by atoms with Gasteiger partial charge in [0.15, 0.2) is 11.6 Å². The predicted molar refractivity (Wildman–Crippen MR) is 112 cm³/mol. The van der Waals surface area contributed by atoms with Gasteiger partial charge >= 0.3 is 11.9 Å². The van der Waals surface area contributed by atoms with Crippen LogP contribution in [0.15, 0.2) is 24.3 Å². The molecule has 0 fully saturated rings. The quantitative estimate of drug-likeness (QED) is 0.405. The van der Waals surface area contributed by atoms with Crippen LogP contribution in [0.4, 0.5) is 0 Å². The van der Waals surface area contributed by atoms with E-state index in [0.717, 1.165) is 9.75 Å². The van der Waals surface area contributed by atoms with Crippen molar-refractivity contribution >= 4 is 46.2 Å². The van der Waals surface area contributed by atoms with Gasteiger partial charge in [0.1, 0.15) is 0 Å². The Labute approximate surface area is 177 Å². The Balaban J connectivity index is 2.09. The van der Waals surface area contributed by atoms with Gasteiger partial charge in [-0.15, -0.1) is 22.7 Å². The summed E-state index contributed by atoms with van der Waals surface area (Å²) in [6.07, 6.45) is 0.359. The molecule has 2 aromatic rings. The third kappa shape index (κ3) is 5.83. The van der Waals surface area contributed by atoms with Crippen molar-refractivity contribution in [3.63, 3.8) is 0 Å². The lowest BCUT2D eigenvalue weighted by atomic mass is 9.89. The van der Waals surface area contributed by atoms with Gasteiger partial charge in [-0.1, -0.05) is 13.8 Å². The number of carbonyl (C=O) groups excluding carboxylic acids is 4. The lowest BCUT2D eigenvalue weighted by Crippen LogP contribution is -2.15. The monoisotopic (exact) mass is 436 g/mol. The summed E-state index contributed by atoms with van der Waals surface area (Å²) < 4.78 is 9.15. The largest absolute Gasteiger partial charge is 0.469 e. The van der Waals surface area contributed by atoms with E-state index in [-0.39, 0.29) is 42.7 Å². The van der Waals surface area contributed by atoms with Crippen LogP contribution in [-0.2, 0) is 24.5 Å². The first-order valence-corrected chi connectivity index (χ1v) is 10.7. The molecule has 0 aliphatic heterocycles. The summed E-state index contributed by atoms with van der Waals surface area (Å²) in [6.45, 7) is 4.08. The Bertz CT molecular complexity index is 834. The molecule has 0 unspecified atom stereocenters. The number of rotatable bonds is 10. The molecule has 0 radical (unpaired) electrons. The van der Waals surface area contributed by atoms with Crippen LogP contribution in [-0.4, -0.2) is 37.7 Å². The van der Waals surface area contributed by atoms with E-state index < -0.39 is 11.9 Å². The van der Waals surface area contributed by atoms with Gasteiger partial charge in [0, 0.05) is 28.0 Å². The normalized spacial score (nSPS) is 11.2. The van der Waals surface area contributed by atoms with Gasteiger partial charge in [-0.3, -0.25) is 19.2 Å². The maximum atomic E-state index is 12.3. The maximum Gasteiger partial charge on any atom is 0.305 e. The van der Waals surface area contributed by atoms with Crippen molar-refractivity contribution in [3.8, 4) is 0 Å². The first-order valence-electron chi connectivity index (χ1n) is 9.09. The average Bonchev–Trinajstić information content (AvgIpc) is 3.40. The molecule has 0 N–H and O–H groups in total. The predicted octanol–water partition coefficient (Wildman–Crippen LogP) is 4.41. The van der Waals surface area contributed by atoms with Gasteiger partial charge in [-0.2, -0.15) is 0 Å². The molecule has 2 aromatic heterocycles. The van der Waals surface area contributed by atoms with Crippen molar-refractivity contribution < 1.29 is 28.7 Å². The lowest BCUT2D eigenvalue weighted by molar-refractivity contribution is -0.141. The van der Waals surface area contributed by atoms with Crippen molar-refractivity contribution in [1.82, 2.24) is 0 Å². The van der Waals surface area contributed by atoms with Gasteiger partial charge in [-0.25, -0.2) is 0 Å². The molecule has 6 nitrogen and oxygen atoms in total. The average molecular weight is 437 g/mol. The van der Waals surface area contributed by atoms with Crippen molar-refractivity contribution in [2.24, 2.45) is 0 Å². The second-order valence-electron chi connectivity index (χ2n) is 6.95. The van der Waals surface area contributed by atoms with E-state index in [4.69, 9.17) is 0 Å².